The summed E-state index contributed by atoms with van der Waals surface area (Å²) in [7, 11) is -3.73. The van der Waals surface area contributed by atoms with Gasteiger partial charge in [0.2, 0.25) is 15.9 Å². The van der Waals surface area contributed by atoms with E-state index in [2.05, 4.69) is 19.9 Å². The van der Waals surface area contributed by atoms with Gasteiger partial charge in [-0.25, -0.2) is 13.4 Å². The van der Waals surface area contributed by atoms with Crippen molar-refractivity contribution in [3.05, 3.63) is 54.7 Å². The molecule has 194 valence electrons. The standard InChI is InChI=1S/C24H28F3N5O3S/c1-3-32(21-6-4-5-20(13-21)31-16-29-30-17(31)2)36(33,34)22-10-7-18(8-11-22)19-9-12-23(28-14-19)35-15-24(25,26)27/h7-12,14,16,20-21H,3-6,13,15H2,1-2H3/t20-,21+/m1/s1. The molecule has 36 heavy (non-hydrogen) atoms. The van der Waals surface area contributed by atoms with E-state index < -0.39 is 22.8 Å². The van der Waals surface area contributed by atoms with Gasteiger partial charge in [-0.3, -0.25) is 0 Å². The molecule has 0 aliphatic heterocycles. The molecule has 0 bridgehead atoms. The van der Waals surface area contributed by atoms with Crippen LogP contribution in [0.1, 0.15) is 44.5 Å². The van der Waals surface area contributed by atoms with Crippen molar-refractivity contribution in [3.63, 3.8) is 0 Å². The second kappa shape index (κ2) is 10.6. The number of aryl methyl sites for hydroxylation is 1. The molecule has 8 nitrogen and oxygen atoms in total. The summed E-state index contributed by atoms with van der Waals surface area (Å²) in [6.07, 6.45) is 2.00. The van der Waals surface area contributed by atoms with Crippen LogP contribution in [0.15, 0.2) is 53.8 Å². The van der Waals surface area contributed by atoms with E-state index in [0.717, 1.165) is 25.1 Å². The van der Waals surface area contributed by atoms with E-state index >= 15 is 0 Å². The first-order valence-corrected chi connectivity index (χ1v) is 13.2. The predicted octanol–water partition coefficient (Wildman–Crippen LogP) is 4.78. The van der Waals surface area contributed by atoms with Gasteiger partial charge in [0.15, 0.2) is 6.61 Å². The zero-order valence-corrected chi connectivity index (χ0v) is 20.8. The number of halogens is 3. The fourth-order valence-corrected chi connectivity index (χ4v) is 6.36. The largest absolute Gasteiger partial charge is 0.468 e. The topological polar surface area (TPSA) is 90.2 Å². The van der Waals surface area contributed by atoms with E-state index in [0.29, 0.717) is 24.1 Å². The smallest absolute Gasteiger partial charge is 0.422 e. The summed E-state index contributed by atoms with van der Waals surface area (Å²) in [5, 5.41) is 8.02. The zero-order valence-electron chi connectivity index (χ0n) is 20.0. The molecule has 0 amide bonds. The Morgan fingerprint density at radius 3 is 2.42 bits per heavy atom. The van der Waals surface area contributed by atoms with Crippen LogP contribution in [0.5, 0.6) is 5.88 Å². The second-order valence-corrected chi connectivity index (χ2v) is 10.7. The van der Waals surface area contributed by atoms with Crippen molar-refractivity contribution in [2.24, 2.45) is 0 Å². The van der Waals surface area contributed by atoms with E-state index in [9.17, 15) is 21.6 Å². The third-order valence-electron chi connectivity index (χ3n) is 6.40. The fourth-order valence-electron chi connectivity index (χ4n) is 4.68. The summed E-state index contributed by atoms with van der Waals surface area (Å²) in [4.78, 5) is 4.10. The summed E-state index contributed by atoms with van der Waals surface area (Å²) in [6.45, 7) is 2.67. The van der Waals surface area contributed by atoms with Gasteiger partial charge in [0, 0.05) is 36.5 Å². The van der Waals surface area contributed by atoms with Gasteiger partial charge in [-0.15, -0.1) is 10.2 Å². The zero-order chi connectivity index (χ0) is 25.9. The normalized spacial score (nSPS) is 18.9. The van der Waals surface area contributed by atoms with Gasteiger partial charge in [-0.2, -0.15) is 17.5 Å². The van der Waals surface area contributed by atoms with E-state index in [1.807, 2.05) is 18.4 Å². The molecule has 4 rings (SSSR count). The third-order valence-corrected chi connectivity index (χ3v) is 8.44. The van der Waals surface area contributed by atoms with Crippen molar-refractivity contribution < 1.29 is 26.3 Å². The molecule has 0 unspecified atom stereocenters. The number of pyridine rings is 1. The Hall–Kier alpha value is -2.99. The molecule has 0 spiro atoms. The van der Waals surface area contributed by atoms with Crippen LogP contribution >= 0.6 is 0 Å². The Morgan fingerprint density at radius 1 is 1.11 bits per heavy atom. The minimum Gasteiger partial charge on any atom is -0.468 e. The third kappa shape index (κ3) is 5.86. The molecule has 2 aromatic heterocycles. The van der Waals surface area contributed by atoms with Gasteiger partial charge in [0.1, 0.15) is 12.2 Å². The van der Waals surface area contributed by atoms with Gasteiger partial charge in [-0.1, -0.05) is 19.1 Å². The molecular formula is C24H28F3N5O3S. The Labute approximate surface area is 208 Å². The van der Waals surface area contributed by atoms with Crippen LogP contribution in [0.25, 0.3) is 11.1 Å². The molecule has 3 aromatic rings. The van der Waals surface area contributed by atoms with E-state index in [1.54, 1.807) is 41.0 Å². The lowest BCUT2D eigenvalue weighted by Gasteiger charge is -2.36. The highest BCUT2D eigenvalue weighted by Gasteiger charge is 2.35. The van der Waals surface area contributed by atoms with Crippen LogP contribution in [-0.4, -0.2) is 57.8 Å². The maximum absolute atomic E-state index is 13.5. The molecule has 1 saturated carbocycles. The molecule has 1 aromatic carbocycles. The quantitative estimate of drug-likeness (QED) is 0.422. The van der Waals surface area contributed by atoms with Crippen LogP contribution in [0, 0.1) is 6.92 Å². The van der Waals surface area contributed by atoms with Crippen LogP contribution in [-0.2, 0) is 10.0 Å². The van der Waals surface area contributed by atoms with Crippen molar-refractivity contribution in [2.45, 2.75) is 62.7 Å². The number of hydrogen-bond donors (Lipinski definition) is 0. The van der Waals surface area contributed by atoms with Crippen molar-refractivity contribution in [3.8, 4) is 17.0 Å². The Morgan fingerprint density at radius 2 is 1.83 bits per heavy atom. The molecule has 2 heterocycles. The SMILES string of the molecule is CCN([C@H]1CCC[C@@H](n2cnnc2C)C1)S(=O)(=O)c1ccc(-c2ccc(OCC(F)(F)F)nc2)cc1. The molecule has 0 saturated heterocycles. The highest BCUT2D eigenvalue weighted by molar-refractivity contribution is 7.89. The molecule has 1 aliphatic carbocycles. The van der Waals surface area contributed by atoms with E-state index in [-0.39, 0.29) is 22.9 Å². The van der Waals surface area contributed by atoms with Crippen molar-refractivity contribution in [1.82, 2.24) is 24.1 Å². The number of hydrogen-bond acceptors (Lipinski definition) is 6. The van der Waals surface area contributed by atoms with Gasteiger partial charge < -0.3 is 9.30 Å². The van der Waals surface area contributed by atoms with E-state index in [4.69, 9.17) is 0 Å². The van der Waals surface area contributed by atoms with Crippen LogP contribution < -0.4 is 4.74 Å². The Bertz CT molecular complexity index is 1260. The number of aromatic nitrogens is 4. The average Bonchev–Trinajstić information content (AvgIpc) is 3.29. The Balaban J connectivity index is 1.48. The lowest BCUT2D eigenvalue weighted by molar-refractivity contribution is -0.154. The second-order valence-electron chi connectivity index (χ2n) is 8.78. The highest BCUT2D eigenvalue weighted by atomic mass is 32.2. The number of sulfonamides is 1. The summed E-state index contributed by atoms with van der Waals surface area (Å²) < 4.78 is 72.2. The number of alkyl halides is 3. The molecule has 0 radical (unpaired) electrons. The van der Waals surface area contributed by atoms with Crippen molar-refractivity contribution >= 4 is 10.0 Å². The monoisotopic (exact) mass is 523 g/mol. The molecular weight excluding hydrogens is 495 g/mol. The van der Waals surface area contributed by atoms with Gasteiger partial charge >= 0.3 is 6.18 Å². The average molecular weight is 524 g/mol. The molecule has 0 N–H and O–H groups in total. The maximum atomic E-state index is 13.5. The summed E-state index contributed by atoms with van der Waals surface area (Å²) in [5.74, 6) is 0.679. The van der Waals surface area contributed by atoms with Gasteiger partial charge in [-0.05, 0) is 56.4 Å². The molecule has 1 fully saturated rings. The summed E-state index contributed by atoms with van der Waals surface area (Å²) >= 11 is 0. The first-order chi connectivity index (χ1) is 17.1. The molecule has 12 heteroatoms. The van der Waals surface area contributed by atoms with Crippen LogP contribution in [0.3, 0.4) is 0 Å². The predicted molar refractivity (Wildman–Crippen MR) is 127 cm³/mol. The Kier molecular flexibility index (Phi) is 7.65. The lowest BCUT2D eigenvalue weighted by Crippen LogP contribution is -2.43. The van der Waals surface area contributed by atoms with Gasteiger partial charge in [0.25, 0.3) is 0 Å². The highest BCUT2D eigenvalue weighted by Crippen LogP contribution is 2.34. The summed E-state index contributed by atoms with van der Waals surface area (Å²) in [6, 6.07) is 9.37. The van der Waals surface area contributed by atoms with Crippen LogP contribution in [0.4, 0.5) is 13.2 Å². The number of rotatable bonds is 8. The first-order valence-electron chi connectivity index (χ1n) is 11.7. The minimum absolute atomic E-state index is 0.131. The number of nitrogens with zero attached hydrogens (tertiary/aromatic N) is 5. The minimum atomic E-state index is -4.44. The number of benzene rings is 1. The summed E-state index contributed by atoms with van der Waals surface area (Å²) in [5.41, 5.74) is 1.32. The lowest BCUT2D eigenvalue weighted by atomic mass is 9.90. The van der Waals surface area contributed by atoms with Crippen molar-refractivity contribution in [2.75, 3.05) is 13.2 Å². The van der Waals surface area contributed by atoms with Crippen molar-refractivity contribution in [1.29, 1.82) is 0 Å². The van der Waals surface area contributed by atoms with E-state index in [1.165, 1.54) is 12.3 Å². The molecule has 2 atom stereocenters. The van der Waals surface area contributed by atoms with Crippen LogP contribution in [0.2, 0.25) is 0 Å². The van der Waals surface area contributed by atoms with Gasteiger partial charge in [0.05, 0.1) is 4.90 Å². The molecule has 1 aliphatic rings. The first kappa shape index (κ1) is 26.1. The maximum Gasteiger partial charge on any atom is 0.422 e. The fraction of sp³-hybridized carbons (Fsp3) is 0.458. The number of ether oxygens (including phenoxy) is 1.